The molecule has 4 heterocycles. The first kappa shape index (κ1) is 27.6. The van der Waals surface area contributed by atoms with Crippen molar-refractivity contribution in [3.8, 4) is 28.4 Å². The molecule has 0 spiro atoms. The van der Waals surface area contributed by atoms with Crippen molar-refractivity contribution in [3.05, 3.63) is 95.6 Å². The number of piperazine rings is 1. The second-order valence-corrected chi connectivity index (χ2v) is 11.0. The molecule has 1 aliphatic heterocycles. The predicted octanol–water partition coefficient (Wildman–Crippen LogP) is 5.92. The van der Waals surface area contributed by atoms with E-state index in [1.807, 2.05) is 60.7 Å². The lowest BCUT2D eigenvalue weighted by Crippen LogP contribution is -2.49. The fourth-order valence-electron chi connectivity index (χ4n) is 5.55. The van der Waals surface area contributed by atoms with E-state index in [1.54, 1.807) is 18.3 Å². The number of halogens is 1. The number of nitrogens with zero attached hydrogens (tertiary/aromatic N) is 6. The molecule has 0 saturated carbocycles. The summed E-state index contributed by atoms with van der Waals surface area (Å²) in [6.07, 6.45) is 4.79. The summed E-state index contributed by atoms with van der Waals surface area (Å²) in [6.45, 7) is 6.98. The molecule has 1 fully saturated rings. The Morgan fingerprint density at radius 2 is 1.81 bits per heavy atom. The molecule has 0 radical (unpaired) electrons. The minimum absolute atomic E-state index is 0.0287. The topological polar surface area (TPSA) is 113 Å². The van der Waals surface area contributed by atoms with Crippen LogP contribution in [0.1, 0.15) is 22.9 Å². The lowest BCUT2D eigenvalue weighted by atomic mass is 10.1. The van der Waals surface area contributed by atoms with Crippen LogP contribution in [0.5, 0.6) is 5.75 Å². The Morgan fingerprint density at radius 1 is 1.02 bits per heavy atom. The zero-order chi connectivity index (χ0) is 29.2. The molecule has 1 aliphatic rings. The van der Waals surface area contributed by atoms with Gasteiger partial charge in [0.15, 0.2) is 11.9 Å². The van der Waals surface area contributed by atoms with E-state index in [9.17, 15) is 9.90 Å². The van der Waals surface area contributed by atoms with Crippen molar-refractivity contribution in [2.45, 2.75) is 12.6 Å². The van der Waals surface area contributed by atoms with E-state index in [2.05, 4.69) is 41.9 Å². The Kier molecular flexibility index (Phi) is 7.73. The molecule has 1 saturated heterocycles. The third-order valence-electron chi connectivity index (χ3n) is 7.66. The number of nitrogens with two attached hydrogens (primary N) is 1. The highest BCUT2D eigenvalue weighted by molar-refractivity contribution is 9.10. The summed E-state index contributed by atoms with van der Waals surface area (Å²) in [5, 5.41) is 10.3. The maximum absolute atomic E-state index is 11.3. The average molecular weight is 625 g/mol. The Labute approximate surface area is 252 Å². The summed E-state index contributed by atoms with van der Waals surface area (Å²) in [5.74, 6) is 1.08. The number of fused-ring (bicyclic) bond motifs is 1. The number of hydrogen-bond donors (Lipinski definition) is 2. The van der Waals surface area contributed by atoms with Crippen molar-refractivity contribution in [1.82, 2.24) is 24.4 Å². The number of pyridine rings is 2. The zero-order valence-corrected chi connectivity index (χ0v) is 24.5. The van der Waals surface area contributed by atoms with Crippen LogP contribution in [0.15, 0.2) is 90.1 Å². The van der Waals surface area contributed by atoms with Gasteiger partial charge in [0, 0.05) is 48.5 Å². The molecule has 2 aromatic carbocycles. The van der Waals surface area contributed by atoms with E-state index < -0.39 is 0 Å². The molecule has 3 aromatic heterocycles. The molecule has 3 N–H and O–H groups in total. The minimum atomic E-state index is -0.128. The number of nitrogen functional groups attached to an aromatic ring is 1. The predicted molar refractivity (Wildman–Crippen MR) is 169 cm³/mol. The normalized spacial score (nSPS) is 14.6. The Hall–Kier alpha value is -4.54. The van der Waals surface area contributed by atoms with Gasteiger partial charge in [0.1, 0.15) is 22.9 Å². The summed E-state index contributed by atoms with van der Waals surface area (Å²) >= 11 is 3.58. The average Bonchev–Trinajstić information content (AvgIpc) is 3.39. The summed E-state index contributed by atoms with van der Waals surface area (Å²) in [7, 11) is 0. The second kappa shape index (κ2) is 11.8. The number of aldehydes is 1. The first-order valence-electron chi connectivity index (χ1n) is 13.7. The van der Waals surface area contributed by atoms with Gasteiger partial charge in [-0.2, -0.15) is 0 Å². The van der Waals surface area contributed by atoms with Crippen molar-refractivity contribution in [2.24, 2.45) is 0 Å². The number of carbonyl (C=O) groups is 1. The number of phenols is 1. The third-order valence-corrected chi connectivity index (χ3v) is 8.30. The number of anilines is 2. The molecule has 5 aromatic rings. The highest BCUT2D eigenvalue weighted by Gasteiger charge is 2.30. The van der Waals surface area contributed by atoms with Gasteiger partial charge in [-0.25, -0.2) is 15.0 Å². The summed E-state index contributed by atoms with van der Waals surface area (Å²) in [6, 6.07) is 21.2. The highest BCUT2D eigenvalue weighted by atomic mass is 79.9. The molecule has 42 heavy (non-hydrogen) atoms. The van der Waals surface area contributed by atoms with E-state index in [0.717, 1.165) is 51.2 Å². The highest BCUT2D eigenvalue weighted by Crippen LogP contribution is 2.37. The van der Waals surface area contributed by atoms with Crippen molar-refractivity contribution in [1.29, 1.82) is 0 Å². The molecule has 0 amide bonds. The van der Waals surface area contributed by atoms with Crippen LogP contribution in [-0.4, -0.2) is 62.0 Å². The molecular formula is C32H30BrN7O2. The van der Waals surface area contributed by atoms with Gasteiger partial charge in [-0.05, 0) is 52.7 Å². The van der Waals surface area contributed by atoms with Gasteiger partial charge in [-0.15, -0.1) is 6.58 Å². The molecule has 6 rings (SSSR count). The van der Waals surface area contributed by atoms with Gasteiger partial charge >= 0.3 is 0 Å². The number of rotatable bonds is 8. The van der Waals surface area contributed by atoms with Gasteiger partial charge in [0.05, 0.1) is 28.7 Å². The standard InChI is InChI=1S/C32H30BrN7O2/c1-2-7-29(39-16-14-38(15-17-39)27-19-28(42)22(20-41)18-24(27)33)40-31(23-10-6-13-35-30(23)34)37-26-12-11-25(36-32(26)40)21-8-4-3-5-9-21/h2-6,8-13,18-20,29,42H,1,7,14-17H2,(H2,34,35). The van der Waals surface area contributed by atoms with Crippen LogP contribution in [0.4, 0.5) is 11.5 Å². The molecule has 0 aliphatic carbocycles. The third kappa shape index (κ3) is 5.15. The van der Waals surface area contributed by atoms with Crippen molar-refractivity contribution in [2.75, 3.05) is 36.8 Å². The molecule has 0 bridgehead atoms. The largest absolute Gasteiger partial charge is 0.507 e. The number of aromatic nitrogens is 4. The first-order valence-corrected chi connectivity index (χ1v) is 14.5. The number of benzene rings is 2. The zero-order valence-electron chi connectivity index (χ0n) is 22.9. The summed E-state index contributed by atoms with van der Waals surface area (Å²) < 4.78 is 2.94. The molecule has 9 nitrogen and oxygen atoms in total. The van der Waals surface area contributed by atoms with Crippen LogP contribution in [0.2, 0.25) is 0 Å². The molecular weight excluding hydrogens is 594 g/mol. The molecule has 212 valence electrons. The van der Waals surface area contributed by atoms with Crippen LogP contribution >= 0.6 is 15.9 Å². The minimum Gasteiger partial charge on any atom is -0.507 e. The quantitative estimate of drug-likeness (QED) is 0.162. The smallest absolute Gasteiger partial charge is 0.162 e. The van der Waals surface area contributed by atoms with E-state index in [0.29, 0.717) is 37.4 Å². The van der Waals surface area contributed by atoms with Crippen LogP contribution in [-0.2, 0) is 0 Å². The monoisotopic (exact) mass is 623 g/mol. The van der Waals surface area contributed by atoms with E-state index >= 15 is 0 Å². The summed E-state index contributed by atoms with van der Waals surface area (Å²) in [4.78, 5) is 30.4. The Morgan fingerprint density at radius 3 is 2.52 bits per heavy atom. The maximum atomic E-state index is 11.3. The van der Waals surface area contributed by atoms with Gasteiger partial charge < -0.3 is 15.7 Å². The molecule has 10 heteroatoms. The molecule has 1 atom stereocenters. The van der Waals surface area contributed by atoms with Crippen LogP contribution < -0.4 is 10.6 Å². The summed E-state index contributed by atoms with van der Waals surface area (Å²) in [5.41, 5.74) is 11.7. The van der Waals surface area contributed by atoms with E-state index in [4.69, 9.17) is 15.7 Å². The van der Waals surface area contributed by atoms with Gasteiger partial charge in [0.2, 0.25) is 0 Å². The second-order valence-electron chi connectivity index (χ2n) is 10.2. The fraction of sp³-hybridized carbons (Fsp3) is 0.188. The van der Waals surface area contributed by atoms with Gasteiger partial charge in [-0.1, -0.05) is 36.4 Å². The number of imidazole rings is 1. The van der Waals surface area contributed by atoms with Gasteiger partial charge in [0.25, 0.3) is 0 Å². The number of hydrogen-bond acceptors (Lipinski definition) is 8. The van der Waals surface area contributed by atoms with Gasteiger partial charge in [-0.3, -0.25) is 14.3 Å². The van der Waals surface area contributed by atoms with Crippen molar-refractivity contribution in [3.63, 3.8) is 0 Å². The van der Waals surface area contributed by atoms with Crippen LogP contribution in [0.25, 0.3) is 33.8 Å². The lowest BCUT2D eigenvalue weighted by Gasteiger charge is -2.41. The fourth-order valence-corrected chi connectivity index (χ4v) is 6.16. The lowest BCUT2D eigenvalue weighted by molar-refractivity contribution is 0.112. The first-order chi connectivity index (χ1) is 20.5. The van der Waals surface area contributed by atoms with Crippen LogP contribution in [0, 0.1) is 0 Å². The van der Waals surface area contributed by atoms with Crippen molar-refractivity contribution < 1.29 is 9.90 Å². The Balaban J connectivity index is 1.41. The SMILES string of the molecule is C=CCC(N1CCN(c2cc(O)c(C=O)cc2Br)CC1)n1c(-c2cccnc2N)nc2ccc(-c3ccccc3)nc21. The molecule has 1 unspecified atom stereocenters. The number of phenolic OH excluding ortho intramolecular Hbond substituents is 1. The number of carbonyl (C=O) groups excluding carboxylic acids is 1. The van der Waals surface area contributed by atoms with E-state index in [1.165, 1.54) is 0 Å². The Bertz CT molecular complexity index is 1760. The maximum Gasteiger partial charge on any atom is 0.162 e. The van der Waals surface area contributed by atoms with Crippen LogP contribution in [0.3, 0.4) is 0 Å². The van der Waals surface area contributed by atoms with E-state index in [-0.39, 0.29) is 17.5 Å². The number of aromatic hydroxyl groups is 1. The van der Waals surface area contributed by atoms with Crippen molar-refractivity contribution >= 4 is 44.9 Å².